The quantitative estimate of drug-likeness (QED) is 0.689. The Balaban J connectivity index is 2.79. The summed E-state index contributed by atoms with van der Waals surface area (Å²) in [4.78, 5) is 23.2. The Morgan fingerprint density at radius 1 is 1.19 bits per heavy atom. The van der Waals surface area contributed by atoms with E-state index >= 15 is 0 Å². The molecule has 1 aliphatic rings. The van der Waals surface area contributed by atoms with Crippen LogP contribution in [0.5, 0.6) is 0 Å². The topological polar surface area (TPSA) is 52.6 Å². The summed E-state index contributed by atoms with van der Waals surface area (Å²) in [5.41, 5.74) is 0. The number of esters is 2. The maximum atomic E-state index is 11.7. The second-order valence-corrected chi connectivity index (χ2v) is 4.58. The minimum atomic E-state index is -0.243. The van der Waals surface area contributed by atoms with Gasteiger partial charge in [0.2, 0.25) is 0 Å². The Hall–Kier alpha value is -1.06. The first kappa shape index (κ1) is 13.0. The maximum Gasteiger partial charge on any atom is 0.309 e. The lowest BCUT2D eigenvalue weighted by molar-refractivity contribution is -0.152. The van der Waals surface area contributed by atoms with Crippen LogP contribution in [0.15, 0.2) is 0 Å². The molecule has 0 saturated heterocycles. The molecule has 0 aromatic carbocycles. The van der Waals surface area contributed by atoms with Crippen molar-refractivity contribution in [3.05, 3.63) is 0 Å². The molecule has 0 radical (unpaired) electrons. The van der Waals surface area contributed by atoms with Gasteiger partial charge in [-0.2, -0.15) is 0 Å². The van der Waals surface area contributed by atoms with Crippen LogP contribution in [0.2, 0.25) is 0 Å². The van der Waals surface area contributed by atoms with Crippen LogP contribution in [0.1, 0.15) is 26.7 Å². The lowest BCUT2D eigenvalue weighted by atomic mass is 9.82. The highest BCUT2D eigenvalue weighted by Crippen LogP contribution is 2.42. The molecule has 92 valence electrons. The van der Waals surface area contributed by atoms with Crippen LogP contribution in [-0.4, -0.2) is 26.2 Å². The molecule has 0 N–H and O–H groups in total. The van der Waals surface area contributed by atoms with Crippen LogP contribution in [0.25, 0.3) is 0 Å². The fourth-order valence-corrected chi connectivity index (χ4v) is 2.70. The summed E-state index contributed by atoms with van der Waals surface area (Å²) in [6, 6.07) is 0. The van der Waals surface area contributed by atoms with Crippen LogP contribution in [0, 0.1) is 23.7 Å². The van der Waals surface area contributed by atoms with E-state index in [4.69, 9.17) is 9.47 Å². The summed E-state index contributed by atoms with van der Waals surface area (Å²) in [6.07, 6.45) is 1.85. The number of ether oxygens (including phenoxy) is 2. The van der Waals surface area contributed by atoms with Crippen LogP contribution >= 0.6 is 0 Å². The van der Waals surface area contributed by atoms with Crippen molar-refractivity contribution in [2.24, 2.45) is 23.7 Å². The van der Waals surface area contributed by atoms with Crippen molar-refractivity contribution in [3.8, 4) is 0 Å². The van der Waals surface area contributed by atoms with Crippen LogP contribution in [0.3, 0.4) is 0 Å². The molecule has 1 rings (SSSR count). The molecule has 4 heteroatoms. The molecular weight excluding hydrogens is 208 g/mol. The molecule has 1 fully saturated rings. The number of rotatable bonds is 3. The minimum absolute atomic E-state index is 0.0508. The molecule has 16 heavy (non-hydrogen) atoms. The van der Waals surface area contributed by atoms with E-state index < -0.39 is 0 Å². The lowest BCUT2D eigenvalue weighted by Crippen LogP contribution is -2.32. The first-order chi connectivity index (χ1) is 7.52. The van der Waals surface area contributed by atoms with Crippen LogP contribution in [-0.2, 0) is 19.1 Å². The Morgan fingerprint density at radius 3 is 2.31 bits per heavy atom. The van der Waals surface area contributed by atoms with Gasteiger partial charge in [-0.1, -0.05) is 13.8 Å². The minimum Gasteiger partial charge on any atom is -0.469 e. The standard InChI is InChI=1S/C12H20O4/c1-7-5-6-9(8(2)11(13)15-3)10(7)12(14)16-4/h7-10H,5-6H2,1-4H3. The van der Waals surface area contributed by atoms with Gasteiger partial charge in [-0.25, -0.2) is 0 Å². The van der Waals surface area contributed by atoms with Crippen LogP contribution in [0.4, 0.5) is 0 Å². The zero-order chi connectivity index (χ0) is 12.3. The average Bonchev–Trinajstić information content (AvgIpc) is 2.68. The summed E-state index contributed by atoms with van der Waals surface area (Å²) in [6.45, 7) is 3.86. The third-order valence-corrected chi connectivity index (χ3v) is 3.72. The molecular formula is C12H20O4. The van der Waals surface area contributed by atoms with Gasteiger partial charge in [0, 0.05) is 0 Å². The van der Waals surface area contributed by atoms with Gasteiger partial charge in [-0.15, -0.1) is 0 Å². The monoisotopic (exact) mass is 228 g/mol. The summed E-state index contributed by atoms with van der Waals surface area (Å²) in [5.74, 6) is -0.517. The van der Waals surface area contributed by atoms with E-state index in [1.807, 2.05) is 13.8 Å². The summed E-state index contributed by atoms with van der Waals surface area (Å²) < 4.78 is 9.54. The predicted octanol–water partition coefficient (Wildman–Crippen LogP) is 1.63. The van der Waals surface area contributed by atoms with Crippen molar-refractivity contribution in [2.75, 3.05) is 14.2 Å². The first-order valence-electron chi connectivity index (χ1n) is 5.68. The fraction of sp³-hybridized carbons (Fsp3) is 0.833. The molecule has 0 bridgehead atoms. The highest BCUT2D eigenvalue weighted by molar-refractivity contribution is 5.77. The summed E-state index contributed by atoms with van der Waals surface area (Å²) in [7, 11) is 2.78. The Morgan fingerprint density at radius 2 is 1.81 bits per heavy atom. The van der Waals surface area contributed by atoms with Gasteiger partial charge in [-0.3, -0.25) is 9.59 Å². The number of carbonyl (C=O) groups excluding carboxylic acids is 2. The van der Waals surface area contributed by atoms with E-state index in [1.54, 1.807) is 0 Å². The van der Waals surface area contributed by atoms with Crippen molar-refractivity contribution in [2.45, 2.75) is 26.7 Å². The van der Waals surface area contributed by atoms with E-state index in [0.717, 1.165) is 12.8 Å². The molecule has 4 atom stereocenters. The second kappa shape index (κ2) is 5.32. The fourth-order valence-electron chi connectivity index (χ4n) is 2.70. The Bertz CT molecular complexity index is 274. The van der Waals surface area contributed by atoms with Gasteiger partial charge in [0.05, 0.1) is 26.1 Å². The number of hydrogen-bond donors (Lipinski definition) is 0. The molecule has 0 aromatic rings. The Labute approximate surface area is 96.3 Å². The van der Waals surface area contributed by atoms with Gasteiger partial charge in [0.25, 0.3) is 0 Å². The molecule has 0 heterocycles. The van der Waals surface area contributed by atoms with Gasteiger partial charge in [0.1, 0.15) is 0 Å². The smallest absolute Gasteiger partial charge is 0.309 e. The molecule has 1 saturated carbocycles. The number of methoxy groups -OCH3 is 2. The predicted molar refractivity (Wildman–Crippen MR) is 58.6 cm³/mol. The molecule has 1 aliphatic carbocycles. The van der Waals surface area contributed by atoms with Crippen molar-refractivity contribution < 1.29 is 19.1 Å². The number of carbonyl (C=O) groups is 2. The van der Waals surface area contributed by atoms with Gasteiger partial charge < -0.3 is 9.47 Å². The van der Waals surface area contributed by atoms with Crippen molar-refractivity contribution in [3.63, 3.8) is 0 Å². The van der Waals surface area contributed by atoms with E-state index in [1.165, 1.54) is 14.2 Å². The van der Waals surface area contributed by atoms with Gasteiger partial charge in [-0.05, 0) is 24.7 Å². The van der Waals surface area contributed by atoms with Crippen LogP contribution < -0.4 is 0 Å². The van der Waals surface area contributed by atoms with Gasteiger partial charge >= 0.3 is 11.9 Å². The molecule has 0 amide bonds. The van der Waals surface area contributed by atoms with Gasteiger partial charge in [0.15, 0.2) is 0 Å². The molecule has 4 unspecified atom stereocenters. The SMILES string of the molecule is COC(=O)C(C)C1CCC(C)C1C(=O)OC. The first-order valence-corrected chi connectivity index (χ1v) is 5.68. The molecule has 0 aliphatic heterocycles. The van der Waals surface area contributed by atoms with E-state index in [0.29, 0.717) is 0 Å². The summed E-state index contributed by atoms with van der Waals surface area (Å²) in [5, 5.41) is 0. The van der Waals surface area contributed by atoms with Crippen molar-refractivity contribution in [1.82, 2.24) is 0 Å². The third-order valence-electron chi connectivity index (χ3n) is 3.72. The molecule has 0 aromatic heterocycles. The molecule has 0 spiro atoms. The normalized spacial score (nSPS) is 30.9. The maximum absolute atomic E-state index is 11.7. The second-order valence-electron chi connectivity index (χ2n) is 4.58. The van der Waals surface area contributed by atoms with E-state index in [2.05, 4.69) is 0 Å². The van der Waals surface area contributed by atoms with Crippen molar-refractivity contribution >= 4 is 11.9 Å². The average molecular weight is 228 g/mol. The molecule has 4 nitrogen and oxygen atoms in total. The zero-order valence-corrected chi connectivity index (χ0v) is 10.4. The summed E-state index contributed by atoms with van der Waals surface area (Å²) >= 11 is 0. The number of hydrogen-bond acceptors (Lipinski definition) is 4. The largest absolute Gasteiger partial charge is 0.469 e. The highest BCUT2D eigenvalue weighted by Gasteiger charge is 2.44. The van der Waals surface area contributed by atoms with Crippen molar-refractivity contribution in [1.29, 1.82) is 0 Å². The van der Waals surface area contributed by atoms with E-state index in [-0.39, 0.29) is 35.6 Å². The lowest BCUT2D eigenvalue weighted by Gasteiger charge is -2.24. The van der Waals surface area contributed by atoms with E-state index in [9.17, 15) is 9.59 Å². The Kier molecular flexibility index (Phi) is 4.33. The third kappa shape index (κ3) is 2.36. The highest BCUT2D eigenvalue weighted by atomic mass is 16.5. The zero-order valence-electron chi connectivity index (χ0n) is 10.4.